The van der Waals surface area contributed by atoms with Crippen molar-refractivity contribution in [1.82, 2.24) is 0 Å². The quantitative estimate of drug-likeness (QED) is 0.248. The number of unbranched alkanes of at least 4 members (excludes halogenated alkanes) is 1. The van der Waals surface area contributed by atoms with Gasteiger partial charge in [-0.2, -0.15) is 0 Å². The first-order valence-corrected chi connectivity index (χ1v) is 9.51. The van der Waals surface area contributed by atoms with Gasteiger partial charge in [-0.15, -0.1) is 0 Å². The van der Waals surface area contributed by atoms with Gasteiger partial charge in [0.15, 0.2) is 8.32 Å². The van der Waals surface area contributed by atoms with E-state index in [1.807, 2.05) is 7.11 Å². The fourth-order valence-corrected chi connectivity index (χ4v) is 6.45. The van der Waals surface area contributed by atoms with Crippen LogP contribution in [0.3, 0.4) is 0 Å². The fraction of sp³-hybridized carbons (Fsp3) is 0.786. The van der Waals surface area contributed by atoms with Crippen LogP contribution < -0.4 is 0 Å². The van der Waals surface area contributed by atoms with E-state index in [9.17, 15) is 4.79 Å². The van der Waals surface area contributed by atoms with E-state index in [-0.39, 0.29) is 5.97 Å². The van der Waals surface area contributed by atoms with Crippen molar-refractivity contribution in [3.8, 4) is 0 Å². The Labute approximate surface area is 113 Å². The zero-order chi connectivity index (χ0) is 13.9. The van der Waals surface area contributed by atoms with E-state index in [1.165, 1.54) is 37.0 Å². The second-order valence-electron chi connectivity index (χ2n) is 4.72. The molecule has 0 atom stereocenters. The van der Waals surface area contributed by atoms with E-state index in [2.05, 4.69) is 20.4 Å². The molecule has 0 bridgehead atoms. The fourth-order valence-electron chi connectivity index (χ4n) is 2.37. The van der Waals surface area contributed by atoms with Gasteiger partial charge in [-0.25, -0.2) is 4.79 Å². The number of hydrogen-bond acceptors (Lipinski definition) is 3. The van der Waals surface area contributed by atoms with Crippen LogP contribution in [-0.2, 0) is 14.0 Å². The summed E-state index contributed by atoms with van der Waals surface area (Å²) in [4.78, 5) is 10.9. The number of esters is 1. The number of ether oxygens (including phenoxy) is 1. The molecule has 0 N–H and O–H groups in total. The molecule has 0 rings (SSSR count). The summed E-state index contributed by atoms with van der Waals surface area (Å²) >= 11 is 0. The largest absolute Gasteiger partial charge is 0.463 e. The molecule has 0 aromatic rings. The highest BCUT2D eigenvalue weighted by molar-refractivity contribution is 6.73. The summed E-state index contributed by atoms with van der Waals surface area (Å²) in [5, 5.41) is 0. The van der Waals surface area contributed by atoms with E-state index in [4.69, 9.17) is 9.16 Å². The summed E-state index contributed by atoms with van der Waals surface area (Å²) in [6, 6.07) is 3.66. The number of carbonyl (C=O) groups is 1. The second kappa shape index (κ2) is 10.3. The van der Waals surface area contributed by atoms with Gasteiger partial charge in [-0.3, -0.25) is 0 Å². The summed E-state index contributed by atoms with van der Waals surface area (Å²) in [6.45, 7) is 8.32. The molecular weight excluding hydrogens is 244 g/mol. The zero-order valence-electron chi connectivity index (χ0n) is 12.2. The minimum Gasteiger partial charge on any atom is -0.463 e. The minimum absolute atomic E-state index is 0.327. The predicted molar refractivity (Wildman–Crippen MR) is 78.2 cm³/mol. The van der Waals surface area contributed by atoms with Crippen LogP contribution in [0.15, 0.2) is 12.7 Å². The topological polar surface area (TPSA) is 35.5 Å². The van der Waals surface area contributed by atoms with E-state index in [1.54, 1.807) is 0 Å². The molecule has 0 unspecified atom stereocenters. The molecule has 3 nitrogen and oxygen atoms in total. The first kappa shape index (κ1) is 17.4. The highest BCUT2D eigenvalue weighted by atomic mass is 28.4. The van der Waals surface area contributed by atoms with Gasteiger partial charge in [0.2, 0.25) is 0 Å². The van der Waals surface area contributed by atoms with Crippen molar-refractivity contribution in [1.29, 1.82) is 0 Å². The molecule has 0 aromatic heterocycles. The number of rotatable bonds is 11. The summed E-state index contributed by atoms with van der Waals surface area (Å²) in [5.74, 6) is -0.327. The summed E-state index contributed by atoms with van der Waals surface area (Å²) in [5.41, 5.74) is 0. The van der Waals surface area contributed by atoms with E-state index in [0.29, 0.717) is 6.61 Å². The van der Waals surface area contributed by atoms with Crippen molar-refractivity contribution in [2.24, 2.45) is 0 Å². The minimum atomic E-state index is -1.52. The van der Waals surface area contributed by atoms with Crippen LogP contribution >= 0.6 is 0 Å². The second-order valence-corrected chi connectivity index (χ2v) is 8.99. The zero-order valence-corrected chi connectivity index (χ0v) is 13.2. The van der Waals surface area contributed by atoms with Crippen molar-refractivity contribution in [3.63, 3.8) is 0 Å². The standard InChI is InChI=1S/C14H28O3Si/c1-5-11-18(16-4,12-6-2)13-9-8-10-17-14(15)7-3/h7H,3,5-6,8-13H2,1-2,4H3. The van der Waals surface area contributed by atoms with Gasteiger partial charge < -0.3 is 9.16 Å². The lowest BCUT2D eigenvalue weighted by molar-refractivity contribution is -0.137. The van der Waals surface area contributed by atoms with Crippen LogP contribution in [0.5, 0.6) is 0 Å². The van der Waals surface area contributed by atoms with E-state index < -0.39 is 8.32 Å². The normalized spacial score (nSPS) is 11.3. The highest BCUT2D eigenvalue weighted by Crippen LogP contribution is 2.27. The SMILES string of the molecule is C=CC(=O)OCCCC[Si](CCC)(CCC)OC. The van der Waals surface area contributed by atoms with Gasteiger partial charge in [0, 0.05) is 13.2 Å². The van der Waals surface area contributed by atoms with Gasteiger partial charge in [-0.05, 0) is 24.6 Å². The Balaban J connectivity index is 3.95. The van der Waals surface area contributed by atoms with Crippen LogP contribution in [0.25, 0.3) is 0 Å². The monoisotopic (exact) mass is 272 g/mol. The van der Waals surface area contributed by atoms with Gasteiger partial charge >= 0.3 is 5.97 Å². The molecule has 0 aromatic carbocycles. The molecule has 0 aliphatic rings. The maximum Gasteiger partial charge on any atom is 0.330 e. The average Bonchev–Trinajstić information content (AvgIpc) is 2.38. The Morgan fingerprint density at radius 1 is 1.17 bits per heavy atom. The molecule has 18 heavy (non-hydrogen) atoms. The molecule has 0 aliphatic carbocycles. The maximum absolute atomic E-state index is 10.9. The van der Waals surface area contributed by atoms with Crippen molar-refractivity contribution in [2.75, 3.05) is 13.7 Å². The van der Waals surface area contributed by atoms with Gasteiger partial charge in [0.25, 0.3) is 0 Å². The Bertz CT molecular complexity index is 235. The Morgan fingerprint density at radius 3 is 2.22 bits per heavy atom. The third-order valence-corrected chi connectivity index (χ3v) is 8.24. The molecule has 4 heteroatoms. The molecule has 0 fully saturated rings. The van der Waals surface area contributed by atoms with Gasteiger partial charge in [-0.1, -0.05) is 39.7 Å². The molecule has 0 saturated carbocycles. The van der Waals surface area contributed by atoms with Crippen LogP contribution in [0.2, 0.25) is 18.1 Å². The van der Waals surface area contributed by atoms with E-state index in [0.717, 1.165) is 12.8 Å². The third-order valence-electron chi connectivity index (χ3n) is 3.28. The molecule has 106 valence electrons. The average molecular weight is 272 g/mol. The Hall–Kier alpha value is -0.613. The first-order valence-electron chi connectivity index (χ1n) is 6.98. The molecule has 0 saturated heterocycles. The molecule has 0 heterocycles. The maximum atomic E-state index is 10.9. The van der Waals surface area contributed by atoms with Crippen LogP contribution in [0.1, 0.15) is 39.5 Å². The molecule has 0 amide bonds. The summed E-state index contributed by atoms with van der Waals surface area (Å²) < 4.78 is 10.9. The Kier molecular flexibility index (Phi) is 9.97. The van der Waals surface area contributed by atoms with E-state index >= 15 is 0 Å². The predicted octanol–water partition coefficient (Wildman–Crippen LogP) is 3.91. The van der Waals surface area contributed by atoms with Crippen LogP contribution in [0, 0.1) is 0 Å². The third kappa shape index (κ3) is 6.96. The smallest absolute Gasteiger partial charge is 0.330 e. The molecule has 0 aliphatic heterocycles. The molecule has 0 spiro atoms. The van der Waals surface area contributed by atoms with Crippen LogP contribution in [-0.4, -0.2) is 28.0 Å². The lowest BCUT2D eigenvalue weighted by Crippen LogP contribution is -2.36. The lowest BCUT2D eigenvalue weighted by Gasteiger charge is -2.29. The van der Waals surface area contributed by atoms with Gasteiger partial charge in [0.05, 0.1) is 6.61 Å². The Morgan fingerprint density at radius 2 is 1.78 bits per heavy atom. The number of carbonyl (C=O) groups excluding carboxylic acids is 1. The molecule has 0 radical (unpaired) electrons. The lowest BCUT2D eigenvalue weighted by atomic mass is 10.3. The van der Waals surface area contributed by atoms with Crippen molar-refractivity contribution in [3.05, 3.63) is 12.7 Å². The molecular formula is C14H28O3Si. The van der Waals surface area contributed by atoms with Crippen molar-refractivity contribution in [2.45, 2.75) is 57.7 Å². The van der Waals surface area contributed by atoms with Crippen molar-refractivity contribution >= 4 is 14.3 Å². The summed E-state index contributed by atoms with van der Waals surface area (Å²) in [7, 11) is 0.355. The first-order chi connectivity index (χ1) is 8.64. The van der Waals surface area contributed by atoms with Gasteiger partial charge in [0.1, 0.15) is 0 Å². The highest BCUT2D eigenvalue weighted by Gasteiger charge is 2.30. The van der Waals surface area contributed by atoms with Crippen molar-refractivity contribution < 1.29 is 14.0 Å². The number of hydrogen-bond donors (Lipinski definition) is 0. The summed E-state index contributed by atoms with van der Waals surface area (Å²) in [6.07, 6.45) is 5.62. The van der Waals surface area contributed by atoms with Crippen LogP contribution in [0.4, 0.5) is 0 Å².